The molecule has 3 heterocycles. The van der Waals surface area contributed by atoms with Gasteiger partial charge in [0.05, 0.1) is 5.75 Å². The van der Waals surface area contributed by atoms with Crippen molar-refractivity contribution in [3.63, 3.8) is 0 Å². The maximum atomic E-state index is 11.9. The van der Waals surface area contributed by atoms with Gasteiger partial charge in [-0.25, -0.2) is 9.50 Å². The van der Waals surface area contributed by atoms with Gasteiger partial charge in [0.1, 0.15) is 5.76 Å². The zero-order valence-electron chi connectivity index (χ0n) is 13.2. The van der Waals surface area contributed by atoms with Gasteiger partial charge in [0.2, 0.25) is 11.1 Å². The van der Waals surface area contributed by atoms with Gasteiger partial charge in [0.25, 0.3) is 5.78 Å². The van der Waals surface area contributed by atoms with Crippen LogP contribution in [0.3, 0.4) is 0 Å². The van der Waals surface area contributed by atoms with Crippen LogP contribution >= 0.6 is 11.8 Å². The van der Waals surface area contributed by atoms with Gasteiger partial charge >= 0.3 is 0 Å². The van der Waals surface area contributed by atoms with E-state index in [0.29, 0.717) is 22.5 Å². The SMILES string of the molecule is Cc1cc(NC(=O)CSc2nc3nc(C)c(C)c(C)n3n2)no1. The maximum Gasteiger partial charge on any atom is 0.253 e. The summed E-state index contributed by atoms with van der Waals surface area (Å²) in [5, 5.41) is 11.3. The van der Waals surface area contributed by atoms with Gasteiger partial charge < -0.3 is 9.84 Å². The first-order chi connectivity index (χ1) is 10.9. The number of fused-ring (bicyclic) bond motifs is 1. The van der Waals surface area contributed by atoms with Gasteiger partial charge in [-0.05, 0) is 33.3 Å². The number of thioether (sulfide) groups is 1. The molecule has 0 saturated carbocycles. The molecule has 120 valence electrons. The van der Waals surface area contributed by atoms with Crippen molar-refractivity contribution < 1.29 is 9.32 Å². The van der Waals surface area contributed by atoms with Crippen LogP contribution in [0.15, 0.2) is 15.7 Å². The van der Waals surface area contributed by atoms with E-state index in [1.165, 1.54) is 11.8 Å². The van der Waals surface area contributed by atoms with Gasteiger partial charge in [-0.3, -0.25) is 4.79 Å². The summed E-state index contributed by atoms with van der Waals surface area (Å²) in [5.41, 5.74) is 3.01. The van der Waals surface area contributed by atoms with Gasteiger partial charge in [0.15, 0.2) is 5.82 Å². The molecule has 0 aliphatic heterocycles. The lowest BCUT2D eigenvalue weighted by atomic mass is 10.2. The first-order valence-electron chi connectivity index (χ1n) is 7.00. The van der Waals surface area contributed by atoms with Crippen molar-refractivity contribution in [2.45, 2.75) is 32.9 Å². The first kappa shape index (κ1) is 15.5. The molecule has 3 rings (SSSR count). The lowest BCUT2D eigenvalue weighted by Gasteiger charge is -2.04. The van der Waals surface area contributed by atoms with E-state index in [9.17, 15) is 4.79 Å². The van der Waals surface area contributed by atoms with Crippen molar-refractivity contribution >= 4 is 29.3 Å². The Hall–Kier alpha value is -2.42. The number of nitrogens with one attached hydrogen (secondary N) is 1. The van der Waals surface area contributed by atoms with Crippen LogP contribution in [0.1, 0.15) is 22.7 Å². The highest BCUT2D eigenvalue weighted by atomic mass is 32.2. The molecule has 0 spiro atoms. The Bertz CT molecular complexity index is 885. The van der Waals surface area contributed by atoms with Crippen LogP contribution < -0.4 is 5.32 Å². The molecule has 8 nitrogen and oxygen atoms in total. The topological polar surface area (TPSA) is 98.2 Å². The summed E-state index contributed by atoms with van der Waals surface area (Å²) < 4.78 is 6.59. The Morgan fingerprint density at radius 1 is 1.30 bits per heavy atom. The van der Waals surface area contributed by atoms with Crippen LogP contribution in [0, 0.1) is 27.7 Å². The molecule has 3 aromatic heterocycles. The molecule has 0 aliphatic carbocycles. The third-order valence-electron chi connectivity index (χ3n) is 3.47. The molecule has 0 unspecified atom stereocenters. The summed E-state index contributed by atoms with van der Waals surface area (Å²) in [6, 6.07) is 1.66. The summed E-state index contributed by atoms with van der Waals surface area (Å²) in [6.45, 7) is 7.67. The highest BCUT2D eigenvalue weighted by molar-refractivity contribution is 7.99. The Balaban J connectivity index is 1.69. The summed E-state index contributed by atoms with van der Waals surface area (Å²) in [5.74, 6) is 1.57. The van der Waals surface area contributed by atoms with Crippen LogP contribution in [0.4, 0.5) is 5.82 Å². The minimum absolute atomic E-state index is 0.180. The average molecular weight is 332 g/mol. The molecule has 0 aromatic carbocycles. The Labute approximate surface area is 136 Å². The van der Waals surface area contributed by atoms with Crippen molar-refractivity contribution in [1.29, 1.82) is 0 Å². The highest BCUT2D eigenvalue weighted by Crippen LogP contribution is 2.18. The summed E-state index contributed by atoms with van der Waals surface area (Å²) in [6.07, 6.45) is 0. The minimum atomic E-state index is -0.195. The van der Waals surface area contributed by atoms with E-state index in [1.54, 1.807) is 17.5 Å². The van der Waals surface area contributed by atoms with E-state index in [1.807, 2.05) is 20.8 Å². The third-order valence-corrected chi connectivity index (χ3v) is 4.31. The molecule has 0 aliphatic rings. The number of hydrogen-bond donors (Lipinski definition) is 1. The number of anilines is 1. The molecule has 0 atom stereocenters. The lowest BCUT2D eigenvalue weighted by Crippen LogP contribution is -2.14. The van der Waals surface area contributed by atoms with Gasteiger partial charge in [-0.1, -0.05) is 16.9 Å². The van der Waals surface area contributed by atoms with Crippen molar-refractivity contribution in [2.24, 2.45) is 0 Å². The van der Waals surface area contributed by atoms with Gasteiger partial charge in [-0.2, -0.15) is 4.98 Å². The third kappa shape index (κ3) is 3.19. The maximum absolute atomic E-state index is 11.9. The molecule has 1 amide bonds. The number of carbonyl (C=O) groups is 1. The zero-order valence-corrected chi connectivity index (χ0v) is 14.1. The Morgan fingerprint density at radius 3 is 2.78 bits per heavy atom. The largest absolute Gasteiger partial charge is 0.360 e. The highest BCUT2D eigenvalue weighted by Gasteiger charge is 2.13. The van der Waals surface area contributed by atoms with Gasteiger partial charge in [0, 0.05) is 17.5 Å². The smallest absolute Gasteiger partial charge is 0.253 e. The summed E-state index contributed by atoms with van der Waals surface area (Å²) >= 11 is 1.25. The monoisotopic (exact) mass is 332 g/mol. The number of amides is 1. The fourth-order valence-electron chi connectivity index (χ4n) is 2.03. The molecule has 9 heteroatoms. The van der Waals surface area contributed by atoms with Crippen LogP contribution in [0.2, 0.25) is 0 Å². The van der Waals surface area contributed by atoms with Gasteiger partial charge in [-0.15, -0.1) is 5.10 Å². The molecular weight excluding hydrogens is 316 g/mol. The molecule has 0 bridgehead atoms. The Morgan fingerprint density at radius 2 is 2.09 bits per heavy atom. The molecule has 0 saturated heterocycles. The second kappa shape index (κ2) is 5.99. The number of nitrogens with zero attached hydrogens (tertiary/aromatic N) is 5. The van der Waals surface area contributed by atoms with E-state index >= 15 is 0 Å². The standard InChI is InChI=1S/C14H16N6O2S/c1-7-5-11(19-22-7)16-12(21)6-23-14-17-13-15-9(3)8(2)10(4)20(13)18-14/h5H,6H2,1-4H3,(H,16,19,21). The zero-order chi connectivity index (χ0) is 16.6. The van der Waals surface area contributed by atoms with Crippen molar-refractivity contribution in [3.05, 3.63) is 28.8 Å². The van der Waals surface area contributed by atoms with Crippen LogP contribution in [-0.4, -0.2) is 36.4 Å². The number of aromatic nitrogens is 5. The van der Waals surface area contributed by atoms with E-state index in [2.05, 4.69) is 25.5 Å². The molecule has 0 radical (unpaired) electrons. The van der Waals surface area contributed by atoms with Crippen molar-refractivity contribution in [2.75, 3.05) is 11.1 Å². The fourth-order valence-corrected chi connectivity index (χ4v) is 2.65. The first-order valence-corrected chi connectivity index (χ1v) is 7.99. The average Bonchev–Trinajstić information content (AvgIpc) is 3.09. The molecule has 0 fully saturated rings. The molecule has 3 aromatic rings. The number of aryl methyl sites for hydroxylation is 3. The predicted molar refractivity (Wildman–Crippen MR) is 85.6 cm³/mol. The van der Waals surface area contributed by atoms with E-state index in [4.69, 9.17) is 4.52 Å². The lowest BCUT2D eigenvalue weighted by molar-refractivity contribution is -0.113. The molecule has 23 heavy (non-hydrogen) atoms. The normalized spacial score (nSPS) is 11.1. The second-order valence-corrected chi connectivity index (χ2v) is 6.12. The number of carbonyl (C=O) groups excluding carboxylic acids is 1. The van der Waals surface area contributed by atoms with E-state index in [0.717, 1.165) is 17.0 Å². The quantitative estimate of drug-likeness (QED) is 0.730. The summed E-state index contributed by atoms with van der Waals surface area (Å²) in [4.78, 5) is 20.6. The van der Waals surface area contributed by atoms with Crippen molar-refractivity contribution in [1.82, 2.24) is 24.7 Å². The molecular formula is C14H16N6O2S. The Kier molecular flexibility index (Phi) is 4.03. The van der Waals surface area contributed by atoms with Crippen LogP contribution in [0.25, 0.3) is 5.78 Å². The second-order valence-electron chi connectivity index (χ2n) is 5.17. The predicted octanol–water partition coefficient (Wildman–Crippen LogP) is 2.08. The summed E-state index contributed by atoms with van der Waals surface area (Å²) in [7, 11) is 0. The van der Waals surface area contributed by atoms with E-state index in [-0.39, 0.29) is 11.7 Å². The number of rotatable bonds is 4. The molecule has 1 N–H and O–H groups in total. The fraction of sp³-hybridized carbons (Fsp3) is 0.357. The number of hydrogen-bond acceptors (Lipinski definition) is 7. The van der Waals surface area contributed by atoms with E-state index < -0.39 is 0 Å². The van der Waals surface area contributed by atoms with Crippen LogP contribution in [-0.2, 0) is 4.79 Å². The van der Waals surface area contributed by atoms with Crippen molar-refractivity contribution in [3.8, 4) is 0 Å². The van der Waals surface area contributed by atoms with Crippen LogP contribution in [0.5, 0.6) is 0 Å². The minimum Gasteiger partial charge on any atom is -0.360 e.